The van der Waals surface area contributed by atoms with Crippen LogP contribution >= 0.6 is 0 Å². The zero-order valence-electron chi connectivity index (χ0n) is 13.2. The molecule has 7 nitrogen and oxygen atoms in total. The summed E-state index contributed by atoms with van der Waals surface area (Å²) in [7, 11) is 4.78. The van der Waals surface area contributed by atoms with E-state index < -0.39 is 0 Å². The first-order valence-corrected chi connectivity index (χ1v) is 7.14. The van der Waals surface area contributed by atoms with Gasteiger partial charge in [0.25, 0.3) is 0 Å². The Morgan fingerprint density at radius 1 is 0.905 bits per heavy atom. The van der Waals surface area contributed by atoms with Crippen LogP contribution in [0.4, 0.5) is 0 Å². The predicted molar refractivity (Wildman–Crippen MR) is 72.7 cm³/mol. The molecule has 0 bridgehead atoms. The molecule has 0 aromatic heterocycles. The molecule has 1 aliphatic carbocycles. The highest BCUT2D eigenvalue weighted by Crippen LogP contribution is 2.47. The van der Waals surface area contributed by atoms with Crippen LogP contribution in [-0.2, 0) is 33.2 Å². The Hall–Kier alpha value is -0.280. The number of ether oxygens (including phenoxy) is 7. The van der Waals surface area contributed by atoms with E-state index in [4.69, 9.17) is 33.2 Å². The molecular weight excluding hydrogens is 280 g/mol. The van der Waals surface area contributed by atoms with Crippen molar-refractivity contribution < 1.29 is 33.2 Å². The van der Waals surface area contributed by atoms with Crippen molar-refractivity contribution in [3.63, 3.8) is 0 Å². The van der Waals surface area contributed by atoms with Gasteiger partial charge in [-0.25, -0.2) is 0 Å². The van der Waals surface area contributed by atoms with Crippen molar-refractivity contribution >= 4 is 0 Å². The molecular formula is C14H26O7. The molecule has 5 atom stereocenters. The van der Waals surface area contributed by atoms with E-state index >= 15 is 0 Å². The molecule has 124 valence electrons. The van der Waals surface area contributed by atoms with Crippen LogP contribution in [0.2, 0.25) is 0 Å². The van der Waals surface area contributed by atoms with Crippen molar-refractivity contribution in [2.45, 2.75) is 37.3 Å². The molecule has 0 N–H and O–H groups in total. The third kappa shape index (κ3) is 3.92. The Bertz CT molecular complexity index is 308. The minimum absolute atomic E-state index is 0.142. The maximum absolute atomic E-state index is 5.83. The molecule has 1 saturated heterocycles. The van der Waals surface area contributed by atoms with Gasteiger partial charge in [0.05, 0.1) is 12.7 Å². The van der Waals surface area contributed by atoms with Crippen molar-refractivity contribution in [2.75, 3.05) is 48.3 Å². The van der Waals surface area contributed by atoms with Gasteiger partial charge >= 0.3 is 0 Å². The van der Waals surface area contributed by atoms with Crippen LogP contribution in [0, 0.1) is 5.92 Å². The maximum atomic E-state index is 5.83. The summed E-state index contributed by atoms with van der Waals surface area (Å²) < 4.78 is 38.3. The lowest BCUT2D eigenvalue weighted by molar-refractivity contribution is -0.247. The monoisotopic (exact) mass is 306 g/mol. The Morgan fingerprint density at radius 2 is 1.43 bits per heavy atom. The molecule has 0 unspecified atom stereocenters. The largest absolute Gasteiger partial charge is 0.367 e. The first kappa shape index (κ1) is 17.1. The Labute approximate surface area is 125 Å². The van der Waals surface area contributed by atoms with Gasteiger partial charge in [-0.05, 0) is 12.3 Å². The van der Waals surface area contributed by atoms with Crippen molar-refractivity contribution in [1.29, 1.82) is 0 Å². The Kier molecular flexibility index (Phi) is 6.36. The van der Waals surface area contributed by atoms with Crippen LogP contribution in [0.25, 0.3) is 0 Å². The number of rotatable bonds is 9. The molecule has 2 fully saturated rings. The van der Waals surface area contributed by atoms with Gasteiger partial charge in [-0.2, -0.15) is 0 Å². The number of hydrogen-bond donors (Lipinski definition) is 0. The van der Waals surface area contributed by atoms with Crippen molar-refractivity contribution in [2.24, 2.45) is 5.92 Å². The normalized spacial score (nSPS) is 38.9. The lowest BCUT2D eigenvalue weighted by Crippen LogP contribution is -2.58. The van der Waals surface area contributed by atoms with Crippen molar-refractivity contribution in [1.82, 2.24) is 0 Å². The lowest BCUT2D eigenvalue weighted by atomic mass is 9.76. The van der Waals surface area contributed by atoms with Crippen LogP contribution in [0.1, 0.15) is 13.3 Å². The lowest BCUT2D eigenvalue weighted by Gasteiger charge is -2.44. The second kappa shape index (κ2) is 7.82. The third-order valence-electron chi connectivity index (χ3n) is 4.01. The molecule has 0 aromatic carbocycles. The highest BCUT2D eigenvalue weighted by Gasteiger charge is 2.62. The van der Waals surface area contributed by atoms with Crippen LogP contribution in [0.5, 0.6) is 0 Å². The molecule has 1 spiro atoms. The van der Waals surface area contributed by atoms with E-state index in [1.165, 1.54) is 0 Å². The van der Waals surface area contributed by atoms with Gasteiger partial charge in [-0.15, -0.1) is 0 Å². The number of methoxy groups -OCH3 is 3. The van der Waals surface area contributed by atoms with Gasteiger partial charge in [-0.3, -0.25) is 0 Å². The fourth-order valence-electron chi connectivity index (χ4n) is 3.07. The first-order chi connectivity index (χ1) is 10.2. The summed E-state index contributed by atoms with van der Waals surface area (Å²) in [5, 5.41) is 0. The minimum atomic E-state index is -0.290. The molecule has 0 aromatic rings. The molecule has 1 heterocycles. The average molecular weight is 306 g/mol. The molecule has 2 aliphatic rings. The Balaban J connectivity index is 2.10. The fraction of sp³-hybridized carbons (Fsp3) is 1.00. The quantitative estimate of drug-likeness (QED) is 0.460. The summed E-state index contributed by atoms with van der Waals surface area (Å²) in [6, 6.07) is 0. The highest BCUT2D eigenvalue weighted by molar-refractivity contribution is 5.10. The van der Waals surface area contributed by atoms with E-state index in [0.717, 1.165) is 6.42 Å². The summed E-state index contributed by atoms with van der Waals surface area (Å²) in [6.45, 7) is 3.38. The van der Waals surface area contributed by atoms with Crippen LogP contribution in [0.15, 0.2) is 0 Å². The van der Waals surface area contributed by atoms with E-state index in [-0.39, 0.29) is 50.2 Å². The van der Waals surface area contributed by atoms with E-state index in [2.05, 4.69) is 6.92 Å². The Morgan fingerprint density at radius 3 is 1.95 bits per heavy atom. The smallest absolute Gasteiger partial charge is 0.146 e. The molecule has 21 heavy (non-hydrogen) atoms. The van der Waals surface area contributed by atoms with E-state index in [1.807, 2.05) is 0 Å². The summed E-state index contributed by atoms with van der Waals surface area (Å²) >= 11 is 0. The second-order valence-electron chi connectivity index (χ2n) is 5.60. The topological polar surface area (TPSA) is 67.9 Å². The zero-order chi connectivity index (χ0) is 15.3. The van der Waals surface area contributed by atoms with Gasteiger partial charge in [-0.1, -0.05) is 6.92 Å². The van der Waals surface area contributed by atoms with Gasteiger partial charge in [0, 0.05) is 21.3 Å². The summed E-state index contributed by atoms with van der Waals surface area (Å²) in [5.41, 5.74) is -0.288. The van der Waals surface area contributed by atoms with Gasteiger partial charge in [0.2, 0.25) is 0 Å². The molecule has 0 amide bonds. The molecule has 1 saturated carbocycles. The summed E-state index contributed by atoms with van der Waals surface area (Å²) in [5.74, 6) is 0.270. The van der Waals surface area contributed by atoms with Crippen molar-refractivity contribution in [3.05, 3.63) is 0 Å². The number of epoxide rings is 1. The van der Waals surface area contributed by atoms with E-state index in [0.29, 0.717) is 6.61 Å². The number of hydrogen-bond acceptors (Lipinski definition) is 7. The molecule has 1 aliphatic heterocycles. The van der Waals surface area contributed by atoms with Gasteiger partial charge in [0.1, 0.15) is 38.2 Å². The standard InChI is InChI=1S/C14H26O7/c1-10-5-14(6-21-14)13(20-9-17-4)12(19-8-16-3)11(10)18-7-15-2/h10-13H,5-9H2,1-4H3/t10-,11-,12-,13+,14-/m1/s1. The minimum Gasteiger partial charge on any atom is -0.367 e. The van der Waals surface area contributed by atoms with E-state index in [9.17, 15) is 0 Å². The molecule has 2 rings (SSSR count). The van der Waals surface area contributed by atoms with E-state index in [1.54, 1.807) is 21.3 Å². The summed E-state index contributed by atoms with van der Waals surface area (Å²) in [4.78, 5) is 0. The summed E-state index contributed by atoms with van der Waals surface area (Å²) in [6.07, 6.45) is 0.187. The molecule has 7 heteroatoms. The van der Waals surface area contributed by atoms with Gasteiger partial charge < -0.3 is 33.2 Å². The van der Waals surface area contributed by atoms with Crippen molar-refractivity contribution in [3.8, 4) is 0 Å². The highest BCUT2D eigenvalue weighted by atomic mass is 16.7. The second-order valence-corrected chi connectivity index (χ2v) is 5.60. The SMILES string of the molecule is COCO[C@@H]1[C@H](OCOC)[C@H](C)C[C@@]2(CO2)[C@H]1OCOC. The molecule has 0 radical (unpaired) electrons. The van der Waals surface area contributed by atoms with Crippen LogP contribution in [-0.4, -0.2) is 72.2 Å². The fourth-order valence-corrected chi connectivity index (χ4v) is 3.07. The average Bonchev–Trinajstić information content (AvgIpc) is 3.23. The maximum Gasteiger partial charge on any atom is 0.146 e. The van der Waals surface area contributed by atoms with Gasteiger partial charge in [0.15, 0.2) is 0 Å². The van der Waals surface area contributed by atoms with Crippen LogP contribution < -0.4 is 0 Å². The predicted octanol–water partition coefficient (Wildman–Crippen LogP) is 0.763. The zero-order valence-corrected chi connectivity index (χ0v) is 13.2. The van der Waals surface area contributed by atoms with Crippen LogP contribution in [0.3, 0.4) is 0 Å². The first-order valence-electron chi connectivity index (χ1n) is 7.14. The third-order valence-corrected chi connectivity index (χ3v) is 4.01.